The molecule has 1 rings (SSSR count). The molecule has 0 bridgehead atoms. The Morgan fingerprint density at radius 2 is 1.89 bits per heavy atom. The van der Waals surface area contributed by atoms with Crippen molar-refractivity contribution in [1.82, 2.24) is 0 Å². The predicted molar refractivity (Wildman–Crippen MR) is 32.0 cm³/mol. The van der Waals surface area contributed by atoms with Crippen molar-refractivity contribution in [2.24, 2.45) is 11.8 Å². The summed E-state index contributed by atoms with van der Waals surface area (Å²) in [6, 6.07) is 0. The lowest BCUT2D eigenvalue weighted by atomic mass is 9.92. The lowest BCUT2D eigenvalue weighted by Gasteiger charge is -2.31. The standard InChI is InChI=1S/C6H12O3/c7-1-5(2-8)6-3-9-4-6/h5-8H,1-4H2. The smallest absolute Gasteiger partial charge is 0.0520 e. The third-order valence-electron chi connectivity index (χ3n) is 1.80. The summed E-state index contributed by atoms with van der Waals surface area (Å²) in [5.41, 5.74) is 0. The molecule has 3 heteroatoms. The van der Waals surface area contributed by atoms with Crippen LogP contribution in [-0.4, -0.2) is 36.6 Å². The van der Waals surface area contributed by atoms with Crippen molar-refractivity contribution in [2.75, 3.05) is 26.4 Å². The van der Waals surface area contributed by atoms with Crippen LogP contribution in [0.5, 0.6) is 0 Å². The summed E-state index contributed by atoms with van der Waals surface area (Å²) in [5, 5.41) is 17.3. The van der Waals surface area contributed by atoms with Gasteiger partial charge in [0.25, 0.3) is 0 Å². The molecule has 54 valence electrons. The molecule has 0 aromatic heterocycles. The van der Waals surface area contributed by atoms with Crippen molar-refractivity contribution in [3.63, 3.8) is 0 Å². The van der Waals surface area contributed by atoms with E-state index in [-0.39, 0.29) is 19.1 Å². The van der Waals surface area contributed by atoms with Crippen LogP contribution in [0.25, 0.3) is 0 Å². The van der Waals surface area contributed by atoms with E-state index in [9.17, 15) is 0 Å². The van der Waals surface area contributed by atoms with Gasteiger partial charge in [0.15, 0.2) is 0 Å². The average molecular weight is 132 g/mol. The van der Waals surface area contributed by atoms with Crippen molar-refractivity contribution in [1.29, 1.82) is 0 Å². The molecule has 0 aromatic rings. The third-order valence-corrected chi connectivity index (χ3v) is 1.80. The molecule has 0 atom stereocenters. The quantitative estimate of drug-likeness (QED) is 0.530. The van der Waals surface area contributed by atoms with Crippen LogP contribution in [0.3, 0.4) is 0 Å². The van der Waals surface area contributed by atoms with Gasteiger partial charge in [-0.05, 0) is 0 Å². The first-order chi connectivity index (χ1) is 4.38. The summed E-state index contributed by atoms with van der Waals surface area (Å²) in [7, 11) is 0. The topological polar surface area (TPSA) is 49.7 Å². The summed E-state index contributed by atoms with van der Waals surface area (Å²) < 4.78 is 4.90. The Bertz CT molecular complexity index is 76.4. The van der Waals surface area contributed by atoms with E-state index in [0.717, 1.165) is 0 Å². The highest BCUT2D eigenvalue weighted by atomic mass is 16.5. The summed E-state index contributed by atoms with van der Waals surface area (Å²) >= 11 is 0. The Kier molecular flexibility index (Phi) is 2.45. The van der Waals surface area contributed by atoms with Gasteiger partial charge >= 0.3 is 0 Å². The van der Waals surface area contributed by atoms with E-state index < -0.39 is 0 Å². The molecule has 0 aliphatic carbocycles. The van der Waals surface area contributed by atoms with E-state index in [0.29, 0.717) is 19.1 Å². The van der Waals surface area contributed by atoms with Crippen molar-refractivity contribution < 1.29 is 14.9 Å². The van der Waals surface area contributed by atoms with Crippen molar-refractivity contribution in [3.8, 4) is 0 Å². The molecule has 0 saturated carbocycles. The zero-order valence-electron chi connectivity index (χ0n) is 5.29. The molecule has 0 spiro atoms. The Labute approximate surface area is 54.3 Å². The molecule has 1 aliphatic rings. The second kappa shape index (κ2) is 3.15. The number of ether oxygens (including phenoxy) is 1. The van der Waals surface area contributed by atoms with Gasteiger partial charge in [0.1, 0.15) is 0 Å². The van der Waals surface area contributed by atoms with Crippen LogP contribution in [0.15, 0.2) is 0 Å². The SMILES string of the molecule is OCC(CO)C1COC1. The van der Waals surface area contributed by atoms with Crippen LogP contribution in [0.4, 0.5) is 0 Å². The minimum atomic E-state index is 0.0405. The van der Waals surface area contributed by atoms with Crippen molar-refractivity contribution in [2.45, 2.75) is 0 Å². The monoisotopic (exact) mass is 132 g/mol. The summed E-state index contributed by atoms with van der Waals surface area (Å²) in [6.07, 6.45) is 0. The van der Waals surface area contributed by atoms with Crippen molar-refractivity contribution >= 4 is 0 Å². The zero-order valence-corrected chi connectivity index (χ0v) is 5.29. The van der Waals surface area contributed by atoms with Gasteiger partial charge in [0.05, 0.1) is 13.2 Å². The molecular weight excluding hydrogens is 120 g/mol. The molecule has 1 fully saturated rings. The third kappa shape index (κ3) is 1.41. The number of hydrogen-bond donors (Lipinski definition) is 2. The van der Waals surface area contributed by atoms with E-state index in [1.165, 1.54) is 0 Å². The molecular formula is C6H12O3. The molecule has 1 aliphatic heterocycles. The fourth-order valence-corrected chi connectivity index (χ4v) is 0.882. The first kappa shape index (κ1) is 6.99. The largest absolute Gasteiger partial charge is 0.396 e. The Morgan fingerprint density at radius 1 is 1.33 bits per heavy atom. The maximum absolute atomic E-state index is 8.65. The van der Waals surface area contributed by atoms with E-state index in [4.69, 9.17) is 14.9 Å². The van der Waals surface area contributed by atoms with E-state index in [2.05, 4.69) is 0 Å². The predicted octanol–water partition coefficient (Wildman–Crippen LogP) is -0.766. The second-order valence-corrected chi connectivity index (χ2v) is 2.42. The summed E-state index contributed by atoms with van der Waals surface area (Å²) in [6.45, 7) is 1.55. The maximum Gasteiger partial charge on any atom is 0.0520 e. The average Bonchev–Trinajstić information content (AvgIpc) is 1.78. The van der Waals surface area contributed by atoms with E-state index in [1.807, 2.05) is 0 Å². The lowest BCUT2D eigenvalue weighted by molar-refractivity contribution is -0.0817. The minimum absolute atomic E-state index is 0.0405. The maximum atomic E-state index is 8.65. The van der Waals surface area contributed by atoms with Crippen molar-refractivity contribution in [3.05, 3.63) is 0 Å². The Morgan fingerprint density at radius 3 is 2.00 bits per heavy atom. The van der Waals surface area contributed by atoms with Gasteiger partial charge in [-0.15, -0.1) is 0 Å². The molecule has 0 aromatic carbocycles. The van der Waals surface area contributed by atoms with Gasteiger partial charge in [-0.25, -0.2) is 0 Å². The Hall–Kier alpha value is -0.120. The number of aliphatic hydroxyl groups excluding tert-OH is 2. The first-order valence-electron chi connectivity index (χ1n) is 3.18. The molecule has 3 nitrogen and oxygen atoms in total. The molecule has 1 heterocycles. The lowest BCUT2D eigenvalue weighted by Crippen LogP contribution is -2.37. The van der Waals surface area contributed by atoms with Gasteiger partial charge in [0.2, 0.25) is 0 Å². The molecule has 9 heavy (non-hydrogen) atoms. The molecule has 0 amide bonds. The highest BCUT2D eigenvalue weighted by Gasteiger charge is 2.26. The van der Waals surface area contributed by atoms with Crippen LogP contribution in [0.1, 0.15) is 0 Å². The first-order valence-corrected chi connectivity index (χ1v) is 3.18. The molecule has 0 radical (unpaired) electrons. The fourth-order valence-electron chi connectivity index (χ4n) is 0.882. The number of hydrogen-bond acceptors (Lipinski definition) is 3. The van der Waals surface area contributed by atoms with Crippen LogP contribution < -0.4 is 0 Å². The van der Waals surface area contributed by atoms with Gasteiger partial charge in [-0.2, -0.15) is 0 Å². The van der Waals surface area contributed by atoms with Crippen LogP contribution in [0, 0.1) is 11.8 Å². The number of aliphatic hydroxyl groups is 2. The van der Waals surface area contributed by atoms with Gasteiger partial charge in [-0.1, -0.05) is 0 Å². The van der Waals surface area contributed by atoms with Gasteiger partial charge < -0.3 is 14.9 Å². The van der Waals surface area contributed by atoms with Gasteiger partial charge in [0, 0.05) is 25.0 Å². The Balaban J connectivity index is 2.19. The molecule has 1 saturated heterocycles. The van der Waals surface area contributed by atoms with Crippen LogP contribution in [0.2, 0.25) is 0 Å². The van der Waals surface area contributed by atoms with E-state index in [1.54, 1.807) is 0 Å². The van der Waals surface area contributed by atoms with E-state index >= 15 is 0 Å². The molecule has 0 unspecified atom stereocenters. The summed E-state index contributed by atoms with van der Waals surface area (Å²) in [5.74, 6) is 0.429. The summed E-state index contributed by atoms with van der Waals surface area (Å²) in [4.78, 5) is 0. The normalized spacial score (nSPS) is 20.3. The zero-order chi connectivity index (χ0) is 6.69. The highest BCUT2D eigenvalue weighted by Crippen LogP contribution is 2.19. The van der Waals surface area contributed by atoms with Crippen LogP contribution in [-0.2, 0) is 4.74 Å². The van der Waals surface area contributed by atoms with Gasteiger partial charge in [-0.3, -0.25) is 0 Å². The number of rotatable bonds is 3. The minimum Gasteiger partial charge on any atom is -0.396 e. The fraction of sp³-hybridized carbons (Fsp3) is 1.00. The van der Waals surface area contributed by atoms with Crippen LogP contribution >= 0.6 is 0 Å². The molecule has 2 N–H and O–H groups in total. The highest BCUT2D eigenvalue weighted by molar-refractivity contribution is 4.73. The second-order valence-electron chi connectivity index (χ2n) is 2.42.